The number of hydrogen-bond donors (Lipinski definition) is 1. The normalized spacial score (nSPS) is 15.6. The second-order valence-electron chi connectivity index (χ2n) is 13.2. The number of aryl methyl sites for hydroxylation is 1. The molecule has 0 spiro atoms. The molecule has 8 heteroatoms. The van der Waals surface area contributed by atoms with Gasteiger partial charge in [-0.3, -0.25) is 14.4 Å². The molecule has 0 atom stereocenters. The summed E-state index contributed by atoms with van der Waals surface area (Å²) in [7, 11) is 0. The first-order valence-corrected chi connectivity index (χ1v) is 17.9. The highest BCUT2D eigenvalue weighted by molar-refractivity contribution is 6.46. The van der Waals surface area contributed by atoms with E-state index in [9.17, 15) is 19.2 Å². The Morgan fingerprint density at radius 1 is 0.833 bits per heavy atom. The van der Waals surface area contributed by atoms with Crippen molar-refractivity contribution in [2.45, 2.75) is 130 Å². The van der Waals surface area contributed by atoms with E-state index in [0.717, 1.165) is 104 Å². The number of nitrogens with one attached hydrogen (secondary N) is 1. The Labute approximate surface area is 285 Å². The van der Waals surface area contributed by atoms with Crippen LogP contribution in [0.3, 0.4) is 0 Å². The summed E-state index contributed by atoms with van der Waals surface area (Å²) < 4.78 is 0. The third kappa shape index (κ3) is 8.56. The molecule has 2 aliphatic carbocycles. The number of fused-ring (bicyclic) bond motifs is 4. The zero-order valence-corrected chi connectivity index (χ0v) is 29.5. The van der Waals surface area contributed by atoms with Crippen LogP contribution in [0.15, 0.2) is 47.1 Å². The first-order valence-electron chi connectivity index (χ1n) is 17.9. The van der Waals surface area contributed by atoms with Gasteiger partial charge in [-0.15, -0.1) is 0 Å². The maximum Gasteiger partial charge on any atom is 0.331 e. The molecule has 0 amide bonds. The molecular weight excluding hydrogens is 604 g/mol. The molecule has 0 aliphatic heterocycles. The van der Waals surface area contributed by atoms with E-state index in [1.54, 1.807) is 0 Å². The highest BCUT2D eigenvalue weighted by Gasteiger charge is 2.44. The van der Waals surface area contributed by atoms with Crippen molar-refractivity contribution in [2.24, 2.45) is 5.16 Å². The number of hydrogen-bond acceptors (Lipinski definition) is 8. The number of allylic oxidation sites excluding steroid dienone is 1. The van der Waals surface area contributed by atoms with Crippen molar-refractivity contribution in [3.05, 3.63) is 69.8 Å². The Morgan fingerprint density at radius 2 is 1.54 bits per heavy atom. The molecule has 0 aromatic heterocycles. The minimum atomic E-state index is -0.549. The minimum absolute atomic E-state index is 0.0626. The van der Waals surface area contributed by atoms with Crippen molar-refractivity contribution in [1.82, 2.24) is 5.48 Å². The average molecular weight is 657 g/mol. The quantitative estimate of drug-likeness (QED) is 0.0426. The Balaban J connectivity index is 1.76. The van der Waals surface area contributed by atoms with E-state index < -0.39 is 11.9 Å². The van der Waals surface area contributed by atoms with Crippen LogP contribution in [0.1, 0.15) is 155 Å². The van der Waals surface area contributed by atoms with E-state index in [0.29, 0.717) is 31.4 Å². The van der Waals surface area contributed by atoms with Crippen LogP contribution in [0, 0.1) is 0 Å². The maximum atomic E-state index is 14.0. The van der Waals surface area contributed by atoms with Crippen LogP contribution in [0.5, 0.6) is 0 Å². The topological polar surface area (TPSA) is 111 Å². The smallest absolute Gasteiger partial charge is 0.331 e. The zero-order valence-electron chi connectivity index (χ0n) is 29.5. The second-order valence-corrected chi connectivity index (χ2v) is 13.2. The lowest BCUT2D eigenvalue weighted by molar-refractivity contribution is -0.148. The number of carbonyl (C=O) groups is 4. The van der Waals surface area contributed by atoms with Crippen molar-refractivity contribution >= 4 is 29.2 Å². The molecule has 0 heterocycles. The van der Waals surface area contributed by atoms with Gasteiger partial charge in [-0.25, -0.2) is 4.79 Å². The molecule has 2 aliphatic rings. The molecule has 0 unspecified atom stereocenters. The number of Topliss-reactive ketones (excluding diaryl/α,β-unsaturated/α-hetero) is 2. The molecule has 48 heavy (non-hydrogen) atoms. The molecule has 0 saturated carbocycles. The van der Waals surface area contributed by atoms with Gasteiger partial charge in [-0.05, 0) is 90.5 Å². The van der Waals surface area contributed by atoms with E-state index in [2.05, 4.69) is 55.7 Å². The van der Waals surface area contributed by atoms with Crippen molar-refractivity contribution in [1.29, 1.82) is 0 Å². The fraction of sp³-hybridized carbons (Fsp3) is 0.525. The third-order valence-electron chi connectivity index (χ3n) is 9.63. The van der Waals surface area contributed by atoms with E-state index >= 15 is 0 Å². The molecule has 258 valence electrons. The van der Waals surface area contributed by atoms with Gasteiger partial charge in [0.1, 0.15) is 5.71 Å². The van der Waals surface area contributed by atoms with Crippen LogP contribution in [-0.4, -0.2) is 35.8 Å². The molecule has 0 fully saturated rings. The Morgan fingerprint density at radius 3 is 2.21 bits per heavy atom. The van der Waals surface area contributed by atoms with Crippen LogP contribution >= 0.6 is 0 Å². The lowest BCUT2D eigenvalue weighted by atomic mass is 9.69. The van der Waals surface area contributed by atoms with E-state index in [-0.39, 0.29) is 22.7 Å². The number of ketones is 2. The average Bonchev–Trinajstić information content (AvgIpc) is 3.33. The van der Waals surface area contributed by atoms with E-state index in [1.807, 2.05) is 12.1 Å². The molecule has 4 rings (SSSR count). The van der Waals surface area contributed by atoms with Crippen LogP contribution in [0.4, 0.5) is 0 Å². The minimum Gasteiger partial charge on any atom is -0.371 e. The number of oxime groups is 1. The fourth-order valence-corrected chi connectivity index (χ4v) is 7.18. The van der Waals surface area contributed by atoms with Gasteiger partial charge in [0.2, 0.25) is 5.78 Å². The maximum absolute atomic E-state index is 14.0. The van der Waals surface area contributed by atoms with Gasteiger partial charge in [-0.2, -0.15) is 5.48 Å². The highest BCUT2D eigenvalue weighted by atomic mass is 16.7. The molecule has 8 nitrogen and oxygen atoms in total. The molecule has 0 radical (unpaired) electrons. The Hall–Kier alpha value is -3.91. The second kappa shape index (κ2) is 17.5. The summed E-state index contributed by atoms with van der Waals surface area (Å²) in [6.07, 6.45) is 14.3. The predicted octanol–water partition coefficient (Wildman–Crippen LogP) is 8.92. The Bertz CT molecular complexity index is 1560. The number of nitrogens with zero attached hydrogens (tertiary/aromatic N) is 1. The van der Waals surface area contributed by atoms with Gasteiger partial charge in [0.25, 0.3) is 0 Å². The van der Waals surface area contributed by atoms with Gasteiger partial charge >= 0.3 is 11.9 Å². The first kappa shape index (κ1) is 36.9. The molecular formula is C40H52N2O6. The lowest BCUT2D eigenvalue weighted by Gasteiger charge is -2.33. The molecule has 2 aromatic carbocycles. The van der Waals surface area contributed by atoms with Crippen molar-refractivity contribution < 1.29 is 28.9 Å². The summed E-state index contributed by atoms with van der Waals surface area (Å²) in [5.74, 6) is -1.10. The molecule has 0 saturated heterocycles. The summed E-state index contributed by atoms with van der Waals surface area (Å²) >= 11 is 0. The summed E-state index contributed by atoms with van der Waals surface area (Å²) in [5.41, 5.74) is 10.4. The lowest BCUT2D eigenvalue weighted by Crippen LogP contribution is -2.27. The van der Waals surface area contributed by atoms with Crippen LogP contribution in [0.2, 0.25) is 0 Å². The largest absolute Gasteiger partial charge is 0.371 e. The standard InChI is InChI=1S/C40H52N2O6/c1-6-9-12-13-16-37(42-48-28(5)44)39(46)31-19-20-32-34-24-30-18-17-29(15-14-23-41-47-27(4)43)38(45)33(30)26-36(34)40(21-10-7-2,22-11-8-3)35(32)25-31/h15,19-20,24-26,41H,6-14,16-18,21-23H2,1-5H3/b29-15-,42-37+. The SMILES string of the molecule is CCCCCC/C(=N\OC(C)=O)C(=O)c1ccc2c(c1)C(CCCC)(CCCC)c1cc3c(cc1-2)CC/C(=C/CCNOC(C)=O)C3=O. The van der Waals surface area contributed by atoms with Crippen molar-refractivity contribution in [3.8, 4) is 11.1 Å². The predicted molar refractivity (Wildman–Crippen MR) is 189 cm³/mol. The first-order chi connectivity index (χ1) is 23.2. The van der Waals surface area contributed by atoms with Crippen LogP contribution < -0.4 is 5.48 Å². The van der Waals surface area contributed by atoms with Crippen LogP contribution in [0.25, 0.3) is 11.1 Å². The Kier molecular flexibility index (Phi) is 13.4. The molecule has 0 bridgehead atoms. The highest BCUT2D eigenvalue weighted by Crippen LogP contribution is 2.55. The zero-order chi connectivity index (χ0) is 34.7. The summed E-state index contributed by atoms with van der Waals surface area (Å²) in [6.45, 7) is 9.61. The summed E-state index contributed by atoms with van der Waals surface area (Å²) in [4.78, 5) is 60.3. The summed E-state index contributed by atoms with van der Waals surface area (Å²) in [6, 6.07) is 10.4. The molecule has 2 aromatic rings. The third-order valence-corrected chi connectivity index (χ3v) is 9.63. The number of hydroxylamine groups is 1. The van der Waals surface area contributed by atoms with Crippen molar-refractivity contribution in [2.75, 3.05) is 6.54 Å². The number of carbonyl (C=O) groups excluding carboxylic acids is 4. The van der Waals surface area contributed by atoms with Gasteiger partial charge < -0.3 is 9.68 Å². The number of unbranched alkanes of at least 4 members (excludes halogenated alkanes) is 5. The van der Waals surface area contributed by atoms with Gasteiger partial charge in [0.05, 0.1) is 0 Å². The van der Waals surface area contributed by atoms with Gasteiger partial charge in [-0.1, -0.05) is 95.1 Å². The summed E-state index contributed by atoms with van der Waals surface area (Å²) in [5, 5.41) is 4.02. The monoisotopic (exact) mass is 656 g/mol. The van der Waals surface area contributed by atoms with Crippen LogP contribution in [-0.2, 0) is 31.1 Å². The number of benzene rings is 2. The fourth-order valence-electron chi connectivity index (χ4n) is 7.18. The van der Waals surface area contributed by atoms with Gasteiger partial charge in [0.15, 0.2) is 5.78 Å². The number of rotatable bonds is 18. The van der Waals surface area contributed by atoms with Gasteiger partial charge in [0, 0.05) is 36.9 Å². The molecule has 1 N–H and O–H groups in total. The van der Waals surface area contributed by atoms with E-state index in [1.165, 1.54) is 19.4 Å². The van der Waals surface area contributed by atoms with E-state index in [4.69, 9.17) is 9.68 Å². The van der Waals surface area contributed by atoms with Crippen molar-refractivity contribution in [3.63, 3.8) is 0 Å².